The molecule has 4 nitrogen and oxygen atoms in total. The lowest BCUT2D eigenvalue weighted by molar-refractivity contribution is 0.953. The van der Waals surface area contributed by atoms with Gasteiger partial charge in [-0.05, 0) is 114 Å². The van der Waals surface area contributed by atoms with Gasteiger partial charge in [-0.2, -0.15) is 0 Å². The summed E-state index contributed by atoms with van der Waals surface area (Å²) in [6.07, 6.45) is 10.8. The monoisotopic (exact) mass is 718 g/mol. The van der Waals surface area contributed by atoms with Crippen molar-refractivity contribution >= 4 is 50.3 Å². The number of aliphatic imine (C=N–C) groups is 1. The zero-order valence-electron chi connectivity index (χ0n) is 30.9. The van der Waals surface area contributed by atoms with Crippen LogP contribution in [0, 0.1) is 0 Å². The third kappa shape index (κ3) is 5.45. The van der Waals surface area contributed by atoms with Gasteiger partial charge in [-0.15, -0.1) is 0 Å². The number of pyridine rings is 1. The second-order valence-electron chi connectivity index (χ2n) is 14.8. The quantitative estimate of drug-likeness (QED) is 0.169. The molecule has 9 aromatic rings. The molecular weight excluding hydrogens is 681 g/mol. The fraction of sp³-hybridized carbons (Fsp3) is 0.0769. The van der Waals surface area contributed by atoms with E-state index in [-0.39, 0.29) is 0 Å². The van der Waals surface area contributed by atoms with Crippen LogP contribution >= 0.6 is 0 Å². The van der Waals surface area contributed by atoms with Crippen LogP contribution in [0.5, 0.6) is 0 Å². The fourth-order valence-electron chi connectivity index (χ4n) is 8.82. The first kappa shape index (κ1) is 32.4. The zero-order chi connectivity index (χ0) is 37.0. The molecule has 4 heteroatoms. The van der Waals surface area contributed by atoms with Gasteiger partial charge in [-0.1, -0.05) is 127 Å². The molecule has 4 heterocycles. The summed E-state index contributed by atoms with van der Waals surface area (Å²) in [4.78, 5) is 10.8. The summed E-state index contributed by atoms with van der Waals surface area (Å²) < 4.78 is 4.76. The summed E-state index contributed by atoms with van der Waals surface area (Å²) in [6, 6.07) is 58.7. The molecule has 0 spiro atoms. The molecule has 0 bridgehead atoms. The Bertz CT molecular complexity index is 3070. The minimum atomic E-state index is 0.904. The van der Waals surface area contributed by atoms with Crippen LogP contribution in [-0.2, 0) is 6.42 Å². The van der Waals surface area contributed by atoms with Crippen LogP contribution in [0.25, 0.3) is 83.9 Å². The van der Waals surface area contributed by atoms with E-state index in [1.807, 2.05) is 0 Å². The van der Waals surface area contributed by atoms with Gasteiger partial charge in [0.1, 0.15) is 11.6 Å². The lowest BCUT2D eigenvalue weighted by Crippen LogP contribution is -2.08. The summed E-state index contributed by atoms with van der Waals surface area (Å²) >= 11 is 0. The molecule has 0 saturated heterocycles. The summed E-state index contributed by atoms with van der Waals surface area (Å²) in [6.45, 7) is 0. The highest BCUT2D eigenvalue weighted by atomic mass is 15.1. The Morgan fingerprint density at radius 2 is 1.11 bits per heavy atom. The van der Waals surface area contributed by atoms with Crippen molar-refractivity contribution in [3.8, 4) is 39.3 Å². The number of allylic oxidation sites excluding steroid dienone is 2. The van der Waals surface area contributed by atoms with E-state index in [9.17, 15) is 0 Å². The number of aryl methyl sites for hydroxylation is 1. The van der Waals surface area contributed by atoms with Gasteiger partial charge in [-0.25, -0.2) is 9.98 Å². The van der Waals surface area contributed by atoms with E-state index in [0.717, 1.165) is 65.3 Å². The standard InChI is InChI=1S/C52H38N4/c1-3-15-35(16-4-1)37-19-11-21-39(31-37)45-25-13-29-51(53-45)55-47-27-9-7-23-41(47)43-33-44-42-24-8-10-28-48(42)56(50(44)34-49(43)55)52-30-14-26-46(54-52)40-22-12-20-38(32-40)36-17-5-2-6-18-36/h1-7,9-12,14-23,26-34H,8,13,24-25H2. The van der Waals surface area contributed by atoms with Crippen molar-refractivity contribution in [2.75, 3.05) is 0 Å². The molecule has 266 valence electrons. The maximum Gasteiger partial charge on any atom is 0.138 e. The summed E-state index contributed by atoms with van der Waals surface area (Å²) in [5, 5.41) is 3.78. The van der Waals surface area contributed by atoms with Crippen LogP contribution < -0.4 is 0 Å². The molecule has 0 saturated carbocycles. The van der Waals surface area contributed by atoms with Crippen LogP contribution in [0.2, 0.25) is 0 Å². The molecule has 0 fully saturated rings. The van der Waals surface area contributed by atoms with Crippen molar-refractivity contribution in [1.29, 1.82) is 0 Å². The van der Waals surface area contributed by atoms with Crippen molar-refractivity contribution in [3.63, 3.8) is 0 Å². The topological polar surface area (TPSA) is 35.1 Å². The first-order valence-electron chi connectivity index (χ1n) is 19.6. The second kappa shape index (κ2) is 13.4. The van der Waals surface area contributed by atoms with Crippen LogP contribution in [0.3, 0.4) is 0 Å². The van der Waals surface area contributed by atoms with Crippen LogP contribution in [0.15, 0.2) is 181 Å². The smallest absolute Gasteiger partial charge is 0.138 e. The Labute approximate surface area is 326 Å². The first-order chi connectivity index (χ1) is 27.8. The van der Waals surface area contributed by atoms with Crippen molar-refractivity contribution in [2.45, 2.75) is 25.7 Å². The molecule has 56 heavy (non-hydrogen) atoms. The molecule has 11 rings (SSSR count). The number of para-hydroxylation sites is 1. The Morgan fingerprint density at radius 3 is 1.91 bits per heavy atom. The minimum absolute atomic E-state index is 0.904. The maximum absolute atomic E-state index is 5.44. The predicted octanol–water partition coefficient (Wildman–Crippen LogP) is 13.2. The molecule has 0 atom stereocenters. The van der Waals surface area contributed by atoms with Gasteiger partial charge in [0, 0.05) is 21.7 Å². The fourth-order valence-corrected chi connectivity index (χ4v) is 8.82. The summed E-state index contributed by atoms with van der Waals surface area (Å²) in [7, 11) is 0. The lowest BCUT2D eigenvalue weighted by Gasteiger charge is -2.17. The number of fused-ring (bicyclic) bond motifs is 6. The van der Waals surface area contributed by atoms with Gasteiger partial charge < -0.3 is 0 Å². The van der Waals surface area contributed by atoms with Crippen molar-refractivity contribution in [1.82, 2.24) is 14.1 Å². The molecule has 0 radical (unpaired) electrons. The van der Waals surface area contributed by atoms with E-state index < -0.39 is 0 Å². The normalized spacial score (nSPS) is 13.9. The van der Waals surface area contributed by atoms with E-state index in [1.165, 1.54) is 60.8 Å². The Morgan fingerprint density at radius 1 is 0.446 bits per heavy atom. The van der Waals surface area contributed by atoms with E-state index in [2.05, 4.69) is 191 Å². The number of aromatic nitrogens is 3. The van der Waals surface area contributed by atoms with Crippen LogP contribution in [0.1, 0.15) is 36.1 Å². The number of hydrogen-bond acceptors (Lipinski definition) is 2. The van der Waals surface area contributed by atoms with E-state index >= 15 is 0 Å². The van der Waals surface area contributed by atoms with Gasteiger partial charge >= 0.3 is 0 Å². The van der Waals surface area contributed by atoms with Crippen molar-refractivity contribution in [2.24, 2.45) is 4.99 Å². The van der Waals surface area contributed by atoms with Crippen molar-refractivity contribution < 1.29 is 0 Å². The first-order valence-corrected chi connectivity index (χ1v) is 19.6. The predicted molar refractivity (Wildman–Crippen MR) is 234 cm³/mol. The molecular formula is C52H38N4. The Kier molecular flexibility index (Phi) is 7.73. The van der Waals surface area contributed by atoms with E-state index in [1.54, 1.807) is 0 Å². The van der Waals surface area contributed by atoms with Crippen molar-refractivity contribution in [3.05, 3.63) is 193 Å². The summed E-state index contributed by atoms with van der Waals surface area (Å²) in [5.41, 5.74) is 15.2. The Balaban J connectivity index is 1.08. The SMILES string of the molecule is C1=Cc2c(c3cc4c5ccccc5n(C5=CCCC(c6cccc(-c7ccccc7)c6)=N5)c4cc3n2-c2cccc(-c3cccc(-c4ccccc4)c3)n2)CC1. The highest BCUT2D eigenvalue weighted by Crippen LogP contribution is 2.41. The average Bonchev–Trinajstić information content (AvgIpc) is 3.78. The summed E-state index contributed by atoms with van der Waals surface area (Å²) in [5.74, 6) is 1.89. The van der Waals surface area contributed by atoms with Gasteiger partial charge in [-0.3, -0.25) is 9.13 Å². The molecule has 2 aliphatic rings. The van der Waals surface area contributed by atoms with Gasteiger partial charge in [0.25, 0.3) is 0 Å². The number of benzene rings is 6. The molecule has 3 aromatic heterocycles. The largest absolute Gasteiger partial charge is 0.294 e. The van der Waals surface area contributed by atoms with E-state index in [0.29, 0.717) is 0 Å². The molecule has 1 aliphatic carbocycles. The second-order valence-corrected chi connectivity index (χ2v) is 14.8. The molecule has 0 amide bonds. The molecule has 6 aromatic carbocycles. The third-order valence-electron chi connectivity index (χ3n) is 11.5. The average molecular weight is 719 g/mol. The number of rotatable bonds is 6. The third-order valence-corrected chi connectivity index (χ3v) is 11.5. The molecule has 0 N–H and O–H groups in total. The van der Waals surface area contributed by atoms with Crippen LogP contribution in [-0.4, -0.2) is 19.8 Å². The Hall–Kier alpha value is -7.04. The maximum atomic E-state index is 5.44. The van der Waals surface area contributed by atoms with Gasteiger partial charge in [0.2, 0.25) is 0 Å². The molecule has 1 aliphatic heterocycles. The van der Waals surface area contributed by atoms with Gasteiger partial charge in [0.05, 0.1) is 33.6 Å². The minimum Gasteiger partial charge on any atom is -0.294 e. The highest BCUT2D eigenvalue weighted by molar-refractivity contribution is 6.15. The van der Waals surface area contributed by atoms with Gasteiger partial charge in [0.15, 0.2) is 0 Å². The lowest BCUT2D eigenvalue weighted by atomic mass is 9.98. The highest BCUT2D eigenvalue weighted by Gasteiger charge is 2.24. The number of nitrogens with zero attached hydrogens (tertiary/aromatic N) is 4. The zero-order valence-corrected chi connectivity index (χ0v) is 30.9. The van der Waals surface area contributed by atoms with E-state index in [4.69, 9.17) is 9.98 Å². The van der Waals surface area contributed by atoms with Crippen LogP contribution in [0.4, 0.5) is 0 Å². The number of hydrogen-bond donors (Lipinski definition) is 0. The molecule has 0 unspecified atom stereocenters.